The summed E-state index contributed by atoms with van der Waals surface area (Å²) < 4.78 is 5.63. The molecule has 0 heterocycles. The van der Waals surface area contributed by atoms with Gasteiger partial charge in [0.25, 0.3) is 5.69 Å². The molecule has 0 spiro atoms. The number of nitro groups is 1. The van der Waals surface area contributed by atoms with Crippen LogP contribution in [-0.4, -0.2) is 28.2 Å². The summed E-state index contributed by atoms with van der Waals surface area (Å²) in [6.45, 7) is 5.30. The Kier molecular flexibility index (Phi) is 7.61. The smallest absolute Gasteiger partial charge is 0.331 e. The van der Waals surface area contributed by atoms with Gasteiger partial charge in [0.15, 0.2) is 6.04 Å². The van der Waals surface area contributed by atoms with Gasteiger partial charge in [-0.05, 0) is 32.9 Å². The van der Waals surface area contributed by atoms with E-state index in [2.05, 4.69) is 0 Å². The zero-order valence-electron chi connectivity index (χ0n) is 18.7. The molecule has 0 aliphatic rings. The molecular formula is C26H25ClN2O4. The summed E-state index contributed by atoms with van der Waals surface area (Å²) >= 11 is 6.11. The summed E-state index contributed by atoms with van der Waals surface area (Å²) in [5.74, 6) is -0.568. The molecule has 0 saturated heterocycles. The van der Waals surface area contributed by atoms with Gasteiger partial charge in [-0.3, -0.25) is 15.1 Å². The molecule has 170 valence electrons. The third kappa shape index (κ3) is 6.73. The molecule has 0 unspecified atom stereocenters. The number of carbonyl (C=O) groups is 1. The fourth-order valence-electron chi connectivity index (χ4n) is 3.32. The van der Waals surface area contributed by atoms with Gasteiger partial charge >= 0.3 is 5.97 Å². The Bertz CT molecular complexity index is 1110. The fourth-order valence-corrected chi connectivity index (χ4v) is 3.51. The molecular weight excluding hydrogens is 440 g/mol. The number of esters is 1. The first-order chi connectivity index (χ1) is 15.6. The van der Waals surface area contributed by atoms with Crippen LogP contribution in [-0.2, 0) is 16.0 Å². The summed E-state index contributed by atoms with van der Waals surface area (Å²) in [6.07, 6.45) is -0.0328. The molecule has 0 aliphatic heterocycles. The quantitative estimate of drug-likeness (QED) is 0.185. The lowest BCUT2D eigenvalue weighted by Gasteiger charge is -2.23. The van der Waals surface area contributed by atoms with Crippen molar-refractivity contribution < 1.29 is 14.5 Å². The minimum atomic E-state index is -1.02. The Hall–Kier alpha value is -3.51. The van der Waals surface area contributed by atoms with E-state index in [1.165, 1.54) is 18.2 Å². The number of ether oxygens (including phenoxy) is 1. The van der Waals surface area contributed by atoms with E-state index in [0.717, 1.165) is 11.1 Å². The summed E-state index contributed by atoms with van der Waals surface area (Å²) in [4.78, 5) is 29.1. The number of rotatable bonds is 7. The van der Waals surface area contributed by atoms with Crippen LogP contribution in [0.5, 0.6) is 0 Å². The molecule has 0 saturated carbocycles. The van der Waals surface area contributed by atoms with Crippen molar-refractivity contribution in [2.45, 2.75) is 38.8 Å². The molecule has 7 heteroatoms. The van der Waals surface area contributed by atoms with E-state index in [1.54, 1.807) is 20.8 Å². The highest BCUT2D eigenvalue weighted by atomic mass is 35.5. The van der Waals surface area contributed by atoms with E-state index in [-0.39, 0.29) is 12.1 Å². The van der Waals surface area contributed by atoms with Gasteiger partial charge in [-0.25, -0.2) is 4.79 Å². The lowest BCUT2D eigenvalue weighted by Crippen LogP contribution is -2.33. The molecule has 3 rings (SSSR count). The second-order valence-corrected chi connectivity index (χ2v) is 8.93. The van der Waals surface area contributed by atoms with Gasteiger partial charge in [-0.1, -0.05) is 72.3 Å². The standard InChI is InChI=1S/C26H25ClN2O4/c1-26(2,3)33-25(30)22(17-20-16-21(27)14-15-23(20)29(31)32)28-24(18-10-6-4-7-11-18)19-12-8-5-9-13-19/h4-16,22H,17H2,1-3H3/t22-/m0/s1. The molecule has 0 bridgehead atoms. The van der Waals surface area contributed by atoms with E-state index < -0.39 is 22.5 Å². The molecule has 3 aromatic rings. The molecule has 3 aromatic carbocycles. The minimum Gasteiger partial charge on any atom is -0.458 e. The number of nitro benzene ring substituents is 1. The van der Waals surface area contributed by atoms with E-state index >= 15 is 0 Å². The highest BCUT2D eigenvalue weighted by molar-refractivity contribution is 6.30. The predicted molar refractivity (Wildman–Crippen MR) is 130 cm³/mol. The van der Waals surface area contributed by atoms with E-state index in [4.69, 9.17) is 21.3 Å². The minimum absolute atomic E-state index is 0.0328. The molecule has 0 aliphatic carbocycles. The van der Waals surface area contributed by atoms with Crippen molar-refractivity contribution in [2.75, 3.05) is 0 Å². The highest BCUT2D eigenvalue weighted by Gasteiger charge is 2.29. The molecule has 0 amide bonds. The van der Waals surface area contributed by atoms with Gasteiger partial charge in [-0.2, -0.15) is 0 Å². The number of carbonyl (C=O) groups excluding carboxylic acids is 1. The van der Waals surface area contributed by atoms with Crippen LogP contribution in [0.3, 0.4) is 0 Å². The zero-order valence-corrected chi connectivity index (χ0v) is 19.5. The van der Waals surface area contributed by atoms with Crippen LogP contribution in [0, 0.1) is 10.1 Å². The Morgan fingerprint density at radius 2 is 1.55 bits per heavy atom. The maximum atomic E-state index is 13.2. The number of hydrogen-bond donors (Lipinski definition) is 0. The Labute approximate surface area is 198 Å². The zero-order chi connectivity index (χ0) is 24.0. The fraction of sp³-hybridized carbons (Fsp3) is 0.231. The van der Waals surface area contributed by atoms with Gasteiger partial charge in [0.05, 0.1) is 10.6 Å². The van der Waals surface area contributed by atoms with Gasteiger partial charge < -0.3 is 4.74 Å². The summed E-state index contributed by atoms with van der Waals surface area (Å²) in [5, 5.41) is 11.9. The molecule has 1 atom stereocenters. The molecule has 0 N–H and O–H groups in total. The largest absolute Gasteiger partial charge is 0.458 e. The van der Waals surface area contributed by atoms with Gasteiger partial charge in [0, 0.05) is 34.2 Å². The lowest BCUT2D eigenvalue weighted by molar-refractivity contribution is -0.385. The maximum absolute atomic E-state index is 13.2. The van der Waals surface area contributed by atoms with Crippen molar-refractivity contribution in [3.05, 3.63) is 111 Å². The monoisotopic (exact) mass is 464 g/mol. The van der Waals surface area contributed by atoms with Crippen molar-refractivity contribution in [3.63, 3.8) is 0 Å². The summed E-state index contributed by atoms with van der Waals surface area (Å²) in [5.41, 5.74) is 1.68. The second kappa shape index (κ2) is 10.4. The first-order valence-electron chi connectivity index (χ1n) is 10.5. The Morgan fingerprint density at radius 3 is 2.03 bits per heavy atom. The average molecular weight is 465 g/mol. The van der Waals surface area contributed by atoms with Gasteiger partial charge in [0.1, 0.15) is 5.60 Å². The SMILES string of the molecule is CC(C)(C)OC(=O)[C@H](Cc1cc(Cl)ccc1[N+](=O)[O-])N=C(c1ccccc1)c1ccccc1. The van der Waals surface area contributed by atoms with Crippen molar-refractivity contribution in [1.82, 2.24) is 0 Å². The summed E-state index contributed by atoms with van der Waals surface area (Å²) in [6, 6.07) is 22.2. The maximum Gasteiger partial charge on any atom is 0.331 e. The first kappa shape index (κ1) is 24.1. The molecule has 0 fully saturated rings. The first-order valence-corrected chi connectivity index (χ1v) is 10.9. The van der Waals surface area contributed by atoms with Crippen LogP contribution >= 0.6 is 11.6 Å². The van der Waals surface area contributed by atoms with Crippen molar-refractivity contribution >= 4 is 29.0 Å². The van der Waals surface area contributed by atoms with Crippen molar-refractivity contribution in [2.24, 2.45) is 4.99 Å². The molecule has 6 nitrogen and oxygen atoms in total. The van der Waals surface area contributed by atoms with E-state index in [9.17, 15) is 14.9 Å². The van der Waals surface area contributed by atoms with Gasteiger partial charge in [-0.15, -0.1) is 0 Å². The lowest BCUT2D eigenvalue weighted by atomic mass is 10.00. The molecule has 0 radical (unpaired) electrons. The second-order valence-electron chi connectivity index (χ2n) is 8.49. The van der Waals surface area contributed by atoms with Crippen LogP contribution in [0.1, 0.15) is 37.5 Å². The van der Waals surface area contributed by atoms with Crippen LogP contribution in [0.4, 0.5) is 5.69 Å². The average Bonchev–Trinajstić information content (AvgIpc) is 2.76. The third-order valence-corrected chi connectivity index (χ3v) is 4.94. The van der Waals surface area contributed by atoms with Crippen LogP contribution in [0.2, 0.25) is 5.02 Å². The summed E-state index contributed by atoms with van der Waals surface area (Å²) in [7, 11) is 0. The van der Waals surface area contributed by atoms with Gasteiger partial charge in [0.2, 0.25) is 0 Å². The Balaban J connectivity index is 2.14. The van der Waals surface area contributed by atoms with Crippen LogP contribution < -0.4 is 0 Å². The van der Waals surface area contributed by atoms with Crippen molar-refractivity contribution in [1.29, 1.82) is 0 Å². The Morgan fingerprint density at radius 1 is 1.00 bits per heavy atom. The third-order valence-electron chi connectivity index (χ3n) is 4.71. The number of benzene rings is 3. The molecule has 33 heavy (non-hydrogen) atoms. The number of halogens is 1. The number of nitrogens with zero attached hydrogens (tertiary/aromatic N) is 2. The normalized spacial score (nSPS) is 12.0. The number of aliphatic imine (C=N–C) groups is 1. The van der Waals surface area contributed by atoms with Crippen molar-refractivity contribution in [3.8, 4) is 0 Å². The van der Waals surface area contributed by atoms with E-state index in [0.29, 0.717) is 16.3 Å². The topological polar surface area (TPSA) is 81.8 Å². The van der Waals surface area contributed by atoms with Crippen LogP contribution in [0.25, 0.3) is 0 Å². The van der Waals surface area contributed by atoms with Crippen LogP contribution in [0.15, 0.2) is 83.9 Å². The molecule has 0 aromatic heterocycles. The predicted octanol–water partition coefficient (Wildman–Crippen LogP) is 6.04. The highest BCUT2D eigenvalue weighted by Crippen LogP contribution is 2.26. The number of hydrogen-bond acceptors (Lipinski definition) is 5. The van der Waals surface area contributed by atoms with E-state index in [1.807, 2.05) is 60.7 Å².